The molecular formula is C20H30O. The largest absolute Gasteiger partial charge is 0.359 e. The van der Waals surface area contributed by atoms with Crippen LogP contribution in [0.4, 0.5) is 0 Å². The molecular weight excluding hydrogens is 256 g/mol. The van der Waals surface area contributed by atoms with Crippen molar-refractivity contribution in [2.75, 3.05) is 0 Å². The molecule has 3 aliphatic rings. The van der Waals surface area contributed by atoms with Crippen molar-refractivity contribution >= 4 is 0 Å². The lowest BCUT2D eigenvalue weighted by atomic mass is 9.47. The van der Waals surface area contributed by atoms with E-state index in [1.165, 1.54) is 24.8 Å². The van der Waals surface area contributed by atoms with Crippen LogP contribution in [0.2, 0.25) is 0 Å². The average molecular weight is 286 g/mol. The summed E-state index contributed by atoms with van der Waals surface area (Å²) in [6, 6.07) is 0. The van der Waals surface area contributed by atoms with Crippen LogP contribution in [-0.4, -0.2) is 11.2 Å². The Morgan fingerprint density at radius 3 is 2.48 bits per heavy atom. The van der Waals surface area contributed by atoms with Gasteiger partial charge in [0.2, 0.25) is 0 Å². The molecule has 0 aromatic heterocycles. The van der Waals surface area contributed by atoms with E-state index in [1.807, 2.05) is 6.08 Å². The summed E-state index contributed by atoms with van der Waals surface area (Å²) in [4.78, 5) is 0. The van der Waals surface area contributed by atoms with E-state index in [1.54, 1.807) is 0 Å². The maximum atomic E-state index is 6.74. The number of allylic oxidation sites excluding steroid dienone is 1. The third-order valence-corrected chi connectivity index (χ3v) is 6.79. The Bertz CT molecular complexity index is 514. The van der Waals surface area contributed by atoms with Crippen molar-refractivity contribution in [2.45, 2.75) is 71.0 Å². The normalized spacial score (nSPS) is 48.4. The van der Waals surface area contributed by atoms with Crippen LogP contribution < -0.4 is 0 Å². The van der Waals surface area contributed by atoms with Crippen molar-refractivity contribution in [3.8, 4) is 0 Å². The van der Waals surface area contributed by atoms with E-state index in [9.17, 15) is 0 Å². The molecule has 1 saturated heterocycles. The standard InChI is InChI=1S/C20H30O/c1-7-18(5)13-14-20(21-18)15(2)9-10-16-17(3,4)11-8-12-19(16,20)6/h7,9-10,16H,1-2,8,11-14H2,3-6H3/t16-,18+,19-,20+/m0/s1. The molecule has 116 valence electrons. The maximum Gasteiger partial charge on any atom is 0.0997 e. The number of rotatable bonds is 1. The number of fused-ring (bicyclic) bond motifs is 2. The van der Waals surface area contributed by atoms with Crippen LogP contribution in [0, 0.1) is 16.7 Å². The van der Waals surface area contributed by atoms with Gasteiger partial charge in [0.15, 0.2) is 0 Å². The van der Waals surface area contributed by atoms with Gasteiger partial charge in [-0.05, 0) is 49.5 Å². The third kappa shape index (κ3) is 1.86. The topological polar surface area (TPSA) is 9.23 Å². The molecule has 3 rings (SSSR count). The molecule has 0 aromatic rings. The first kappa shape index (κ1) is 15.1. The summed E-state index contributed by atoms with van der Waals surface area (Å²) >= 11 is 0. The fourth-order valence-corrected chi connectivity index (χ4v) is 5.42. The predicted molar refractivity (Wildman–Crippen MR) is 89.2 cm³/mol. The Hall–Kier alpha value is -0.820. The van der Waals surface area contributed by atoms with Gasteiger partial charge in [-0.3, -0.25) is 0 Å². The summed E-state index contributed by atoms with van der Waals surface area (Å²) in [6.07, 6.45) is 12.6. The summed E-state index contributed by atoms with van der Waals surface area (Å²) < 4.78 is 6.74. The van der Waals surface area contributed by atoms with Crippen LogP contribution >= 0.6 is 0 Å². The molecule has 21 heavy (non-hydrogen) atoms. The van der Waals surface area contributed by atoms with E-state index in [0.717, 1.165) is 12.8 Å². The van der Waals surface area contributed by atoms with Crippen molar-refractivity contribution in [1.82, 2.24) is 0 Å². The van der Waals surface area contributed by atoms with Crippen LogP contribution in [0.15, 0.2) is 37.0 Å². The Labute approximate surface area is 130 Å². The summed E-state index contributed by atoms with van der Waals surface area (Å²) in [5.74, 6) is 0.566. The second kappa shape index (κ2) is 4.35. The molecule has 2 fully saturated rings. The van der Waals surface area contributed by atoms with Crippen LogP contribution in [0.5, 0.6) is 0 Å². The van der Waals surface area contributed by atoms with Crippen molar-refractivity contribution in [3.63, 3.8) is 0 Å². The van der Waals surface area contributed by atoms with E-state index in [4.69, 9.17) is 4.74 Å². The number of hydrogen-bond donors (Lipinski definition) is 0. The van der Waals surface area contributed by atoms with Crippen LogP contribution in [0.1, 0.15) is 59.8 Å². The molecule has 0 amide bonds. The van der Waals surface area contributed by atoms with Gasteiger partial charge in [-0.15, -0.1) is 6.58 Å². The van der Waals surface area contributed by atoms with Gasteiger partial charge in [0, 0.05) is 5.41 Å². The number of ether oxygens (including phenoxy) is 1. The van der Waals surface area contributed by atoms with E-state index >= 15 is 0 Å². The smallest absolute Gasteiger partial charge is 0.0997 e. The molecule has 4 atom stereocenters. The first-order valence-electron chi connectivity index (χ1n) is 8.41. The van der Waals surface area contributed by atoms with Crippen molar-refractivity contribution < 1.29 is 4.74 Å². The van der Waals surface area contributed by atoms with E-state index in [2.05, 4.69) is 53.0 Å². The van der Waals surface area contributed by atoms with Gasteiger partial charge < -0.3 is 4.74 Å². The van der Waals surface area contributed by atoms with E-state index in [-0.39, 0.29) is 16.6 Å². The Kier molecular flexibility index (Phi) is 3.12. The lowest BCUT2D eigenvalue weighted by Gasteiger charge is -2.60. The van der Waals surface area contributed by atoms with Gasteiger partial charge in [-0.25, -0.2) is 0 Å². The molecule has 1 heterocycles. The van der Waals surface area contributed by atoms with E-state index in [0.29, 0.717) is 11.3 Å². The zero-order valence-electron chi connectivity index (χ0n) is 14.2. The van der Waals surface area contributed by atoms with Crippen LogP contribution in [0.3, 0.4) is 0 Å². The van der Waals surface area contributed by atoms with Gasteiger partial charge in [0.1, 0.15) is 0 Å². The lowest BCUT2D eigenvalue weighted by Crippen LogP contribution is -2.58. The molecule has 0 aromatic carbocycles. The Morgan fingerprint density at radius 1 is 1.14 bits per heavy atom. The quantitative estimate of drug-likeness (QED) is 0.583. The molecule has 0 unspecified atom stereocenters. The summed E-state index contributed by atoms with van der Waals surface area (Å²) in [5.41, 5.74) is 1.26. The first-order valence-corrected chi connectivity index (χ1v) is 8.41. The molecule has 0 bridgehead atoms. The molecule has 1 spiro atoms. The summed E-state index contributed by atoms with van der Waals surface area (Å²) in [5, 5.41) is 0. The van der Waals surface area contributed by atoms with Crippen molar-refractivity contribution in [1.29, 1.82) is 0 Å². The van der Waals surface area contributed by atoms with Gasteiger partial charge >= 0.3 is 0 Å². The minimum absolute atomic E-state index is 0.154. The van der Waals surface area contributed by atoms with Gasteiger partial charge in [-0.1, -0.05) is 52.0 Å². The monoisotopic (exact) mass is 286 g/mol. The van der Waals surface area contributed by atoms with Crippen LogP contribution in [0.25, 0.3) is 0 Å². The maximum absolute atomic E-state index is 6.74. The van der Waals surface area contributed by atoms with Gasteiger partial charge in [-0.2, -0.15) is 0 Å². The SMILES string of the molecule is C=C[C@]1(C)CC[C@@]2(O1)C(=C)C=C[C@H]1C(C)(C)CCC[C@@]12C. The highest BCUT2D eigenvalue weighted by Gasteiger charge is 2.63. The van der Waals surface area contributed by atoms with Crippen LogP contribution in [-0.2, 0) is 4.74 Å². The fraction of sp³-hybridized carbons (Fsp3) is 0.700. The minimum atomic E-state index is -0.205. The highest BCUT2D eigenvalue weighted by atomic mass is 16.5. The van der Waals surface area contributed by atoms with Crippen molar-refractivity contribution in [3.05, 3.63) is 37.0 Å². The zero-order chi connectivity index (χ0) is 15.5. The summed E-state index contributed by atoms with van der Waals surface area (Å²) in [6.45, 7) is 17.8. The van der Waals surface area contributed by atoms with Gasteiger partial charge in [0.05, 0.1) is 11.2 Å². The third-order valence-electron chi connectivity index (χ3n) is 6.79. The lowest BCUT2D eigenvalue weighted by molar-refractivity contribution is -0.163. The average Bonchev–Trinajstić information content (AvgIpc) is 2.76. The molecule has 1 aliphatic heterocycles. The highest BCUT2D eigenvalue weighted by molar-refractivity contribution is 5.39. The molecule has 1 nitrogen and oxygen atoms in total. The predicted octanol–water partition coefficient (Wildman–Crippen LogP) is 5.44. The van der Waals surface area contributed by atoms with Crippen molar-refractivity contribution in [2.24, 2.45) is 16.7 Å². The minimum Gasteiger partial charge on any atom is -0.359 e. The van der Waals surface area contributed by atoms with E-state index < -0.39 is 0 Å². The molecule has 2 aliphatic carbocycles. The molecule has 0 radical (unpaired) electrons. The highest BCUT2D eigenvalue weighted by Crippen LogP contribution is 2.65. The molecule has 1 heteroatoms. The summed E-state index contributed by atoms with van der Waals surface area (Å²) in [7, 11) is 0. The molecule has 1 saturated carbocycles. The molecule has 0 N–H and O–H groups in total. The fourth-order valence-electron chi connectivity index (χ4n) is 5.42. The first-order chi connectivity index (χ1) is 9.69. The van der Waals surface area contributed by atoms with Gasteiger partial charge in [0.25, 0.3) is 0 Å². The second-order valence-corrected chi connectivity index (χ2v) is 8.57. The Morgan fingerprint density at radius 2 is 1.86 bits per heavy atom. The zero-order valence-corrected chi connectivity index (χ0v) is 14.2. The Balaban J connectivity index is 2.11. The second-order valence-electron chi connectivity index (χ2n) is 8.57. The number of hydrogen-bond acceptors (Lipinski definition) is 1.